The molecule has 2 fully saturated rings. The van der Waals surface area contributed by atoms with E-state index in [-0.39, 0.29) is 30.3 Å². The molecular formula is C23H27N3O3. The van der Waals surface area contributed by atoms with E-state index in [1.807, 2.05) is 56.3 Å². The van der Waals surface area contributed by atoms with Crippen LogP contribution in [0.2, 0.25) is 0 Å². The normalized spacial score (nSPS) is 25.3. The Labute approximate surface area is 170 Å². The zero-order valence-corrected chi connectivity index (χ0v) is 16.9. The van der Waals surface area contributed by atoms with Gasteiger partial charge in [-0.25, -0.2) is 4.79 Å². The van der Waals surface area contributed by atoms with E-state index in [1.54, 1.807) is 0 Å². The fourth-order valence-corrected chi connectivity index (χ4v) is 4.78. The van der Waals surface area contributed by atoms with Crippen LogP contribution >= 0.6 is 0 Å². The van der Waals surface area contributed by atoms with Crippen LogP contribution in [0.25, 0.3) is 10.8 Å². The Kier molecular flexibility index (Phi) is 5.03. The summed E-state index contributed by atoms with van der Waals surface area (Å²) in [5, 5.41) is 8.02. The maximum atomic E-state index is 13.0. The topological polar surface area (TPSA) is 78.5 Å². The van der Waals surface area contributed by atoms with Crippen molar-refractivity contribution in [3.05, 3.63) is 48.0 Å². The maximum Gasteiger partial charge on any atom is 0.325 e. The lowest BCUT2D eigenvalue weighted by Crippen LogP contribution is -2.54. The highest BCUT2D eigenvalue weighted by Gasteiger charge is 2.55. The number of carbonyl (C=O) groups excluding carboxylic acids is 3. The average molecular weight is 393 g/mol. The molecule has 2 aliphatic rings. The minimum Gasteiger partial charge on any atom is -0.348 e. The van der Waals surface area contributed by atoms with E-state index in [2.05, 4.69) is 10.6 Å². The van der Waals surface area contributed by atoms with E-state index in [0.29, 0.717) is 6.42 Å². The molecule has 6 nitrogen and oxygen atoms in total. The number of carbonyl (C=O) groups is 3. The molecule has 3 atom stereocenters. The van der Waals surface area contributed by atoms with Gasteiger partial charge in [-0.2, -0.15) is 0 Å². The first kappa shape index (κ1) is 19.4. The second kappa shape index (κ2) is 7.50. The van der Waals surface area contributed by atoms with E-state index in [9.17, 15) is 14.4 Å². The summed E-state index contributed by atoms with van der Waals surface area (Å²) in [6, 6.07) is 13.3. The second-order valence-corrected chi connectivity index (χ2v) is 8.30. The quantitative estimate of drug-likeness (QED) is 0.780. The van der Waals surface area contributed by atoms with Crippen molar-refractivity contribution in [3.8, 4) is 0 Å². The van der Waals surface area contributed by atoms with Crippen LogP contribution in [0.1, 0.15) is 51.1 Å². The van der Waals surface area contributed by atoms with Gasteiger partial charge >= 0.3 is 6.03 Å². The van der Waals surface area contributed by atoms with Crippen LogP contribution in [0.5, 0.6) is 0 Å². The second-order valence-electron chi connectivity index (χ2n) is 8.30. The number of amides is 4. The SMILES string of the molecule is C[C@H](NC(=O)CN1C(=O)N[C@@]2(CCCC[C@H]2C)C1=O)c1cccc2ccccc12. The van der Waals surface area contributed by atoms with Crippen LogP contribution in [0.15, 0.2) is 42.5 Å². The molecule has 2 aromatic carbocycles. The molecule has 1 aliphatic heterocycles. The van der Waals surface area contributed by atoms with Gasteiger partial charge in [-0.05, 0) is 42.0 Å². The van der Waals surface area contributed by atoms with Crippen molar-refractivity contribution in [2.24, 2.45) is 5.92 Å². The van der Waals surface area contributed by atoms with Crippen LogP contribution in [0.3, 0.4) is 0 Å². The number of benzene rings is 2. The zero-order valence-electron chi connectivity index (χ0n) is 16.9. The van der Waals surface area contributed by atoms with Crippen LogP contribution in [0.4, 0.5) is 4.79 Å². The number of nitrogens with one attached hydrogen (secondary N) is 2. The molecule has 2 N–H and O–H groups in total. The molecule has 1 saturated heterocycles. The molecule has 6 heteroatoms. The van der Waals surface area contributed by atoms with E-state index in [0.717, 1.165) is 40.5 Å². The third-order valence-electron chi connectivity index (χ3n) is 6.47. The molecule has 4 rings (SSSR count). The van der Waals surface area contributed by atoms with Crippen molar-refractivity contribution in [1.29, 1.82) is 0 Å². The molecule has 0 bridgehead atoms. The van der Waals surface area contributed by atoms with Gasteiger partial charge in [0.2, 0.25) is 5.91 Å². The molecule has 0 aromatic heterocycles. The number of nitrogens with zero attached hydrogens (tertiary/aromatic N) is 1. The maximum absolute atomic E-state index is 13.0. The van der Waals surface area contributed by atoms with Gasteiger partial charge in [-0.15, -0.1) is 0 Å². The highest BCUT2D eigenvalue weighted by Crippen LogP contribution is 2.38. The summed E-state index contributed by atoms with van der Waals surface area (Å²) in [7, 11) is 0. The molecule has 152 valence electrons. The molecular weight excluding hydrogens is 366 g/mol. The molecule has 1 saturated carbocycles. The monoisotopic (exact) mass is 393 g/mol. The summed E-state index contributed by atoms with van der Waals surface area (Å²) in [5.74, 6) is -0.521. The summed E-state index contributed by atoms with van der Waals surface area (Å²) >= 11 is 0. The molecule has 1 aliphatic carbocycles. The van der Waals surface area contributed by atoms with Crippen molar-refractivity contribution in [1.82, 2.24) is 15.5 Å². The summed E-state index contributed by atoms with van der Waals surface area (Å²) in [6.45, 7) is 3.66. The van der Waals surface area contributed by atoms with Gasteiger partial charge in [0.15, 0.2) is 0 Å². The zero-order chi connectivity index (χ0) is 20.6. The summed E-state index contributed by atoms with van der Waals surface area (Å²) in [5.41, 5.74) is 0.169. The Morgan fingerprint density at radius 1 is 1.21 bits per heavy atom. The summed E-state index contributed by atoms with van der Waals surface area (Å²) < 4.78 is 0. The fourth-order valence-electron chi connectivity index (χ4n) is 4.78. The van der Waals surface area contributed by atoms with Crippen molar-refractivity contribution in [2.75, 3.05) is 6.54 Å². The molecule has 0 radical (unpaired) electrons. The number of urea groups is 1. The van der Waals surface area contributed by atoms with Gasteiger partial charge in [-0.1, -0.05) is 62.2 Å². The van der Waals surface area contributed by atoms with Crippen molar-refractivity contribution in [2.45, 2.75) is 51.1 Å². The van der Waals surface area contributed by atoms with E-state index >= 15 is 0 Å². The highest BCUT2D eigenvalue weighted by atomic mass is 16.2. The lowest BCUT2D eigenvalue weighted by molar-refractivity contribution is -0.137. The Hall–Kier alpha value is -2.89. The lowest BCUT2D eigenvalue weighted by Gasteiger charge is -2.36. The van der Waals surface area contributed by atoms with Crippen molar-refractivity contribution < 1.29 is 14.4 Å². The number of fused-ring (bicyclic) bond motifs is 1. The standard InChI is InChI=1S/C23H27N3O3/c1-15-8-5-6-13-23(15)21(28)26(22(29)25-23)14-20(27)24-16(2)18-12-7-10-17-9-3-4-11-19(17)18/h3-4,7,9-12,15-16H,5-6,8,13-14H2,1-2H3,(H,24,27)(H,25,29)/t15-,16+,23-/m1/s1. The lowest BCUT2D eigenvalue weighted by atomic mass is 9.73. The number of hydrogen-bond donors (Lipinski definition) is 2. The van der Waals surface area contributed by atoms with Crippen LogP contribution in [0, 0.1) is 5.92 Å². The largest absolute Gasteiger partial charge is 0.348 e. The Bertz CT molecular complexity index is 967. The minimum atomic E-state index is -0.836. The predicted octanol–water partition coefficient (Wildman–Crippen LogP) is 3.52. The Morgan fingerprint density at radius 2 is 1.97 bits per heavy atom. The van der Waals surface area contributed by atoms with Crippen molar-refractivity contribution >= 4 is 28.6 Å². The molecule has 29 heavy (non-hydrogen) atoms. The first-order valence-electron chi connectivity index (χ1n) is 10.3. The smallest absolute Gasteiger partial charge is 0.325 e. The van der Waals surface area contributed by atoms with Gasteiger partial charge in [-0.3, -0.25) is 14.5 Å². The molecule has 1 spiro atoms. The Morgan fingerprint density at radius 3 is 2.76 bits per heavy atom. The molecule has 2 aromatic rings. The van der Waals surface area contributed by atoms with Crippen molar-refractivity contribution in [3.63, 3.8) is 0 Å². The first-order chi connectivity index (χ1) is 13.9. The third-order valence-corrected chi connectivity index (χ3v) is 6.47. The molecule has 1 heterocycles. The van der Waals surface area contributed by atoms with E-state index in [4.69, 9.17) is 0 Å². The van der Waals surface area contributed by atoms with Crippen LogP contribution < -0.4 is 10.6 Å². The third kappa shape index (κ3) is 3.37. The van der Waals surface area contributed by atoms with Gasteiger partial charge in [0.25, 0.3) is 5.91 Å². The van der Waals surface area contributed by atoms with Gasteiger partial charge in [0.1, 0.15) is 12.1 Å². The number of imide groups is 1. The molecule has 4 amide bonds. The fraction of sp³-hybridized carbons (Fsp3) is 0.435. The predicted molar refractivity (Wildman–Crippen MR) is 111 cm³/mol. The van der Waals surface area contributed by atoms with Crippen LogP contribution in [-0.2, 0) is 9.59 Å². The van der Waals surface area contributed by atoms with Gasteiger partial charge in [0.05, 0.1) is 6.04 Å². The van der Waals surface area contributed by atoms with Gasteiger partial charge in [0, 0.05) is 0 Å². The van der Waals surface area contributed by atoms with E-state index in [1.165, 1.54) is 0 Å². The summed E-state index contributed by atoms with van der Waals surface area (Å²) in [4.78, 5) is 39.3. The number of rotatable bonds is 4. The Balaban J connectivity index is 1.47. The van der Waals surface area contributed by atoms with E-state index < -0.39 is 11.6 Å². The minimum absolute atomic E-state index is 0.0790. The molecule has 0 unspecified atom stereocenters. The number of hydrogen-bond acceptors (Lipinski definition) is 3. The first-order valence-corrected chi connectivity index (χ1v) is 10.3. The average Bonchev–Trinajstić information content (AvgIpc) is 2.94. The summed E-state index contributed by atoms with van der Waals surface area (Å²) in [6.07, 6.45) is 3.52. The highest BCUT2D eigenvalue weighted by molar-refractivity contribution is 6.09. The van der Waals surface area contributed by atoms with Gasteiger partial charge < -0.3 is 10.6 Å². The van der Waals surface area contributed by atoms with Crippen LogP contribution in [-0.4, -0.2) is 34.8 Å².